The maximum atomic E-state index is 12.3. The van der Waals surface area contributed by atoms with E-state index in [2.05, 4.69) is 20.2 Å². The van der Waals surface area contributed by atoms with Gasteiger partial charge in [-0.2, -0.15) is 13.9 Å². The van der Waals surface area contributed by atoms with Crippen LogP contribution in [-0.2, 0) is 0 Å². The van der Waals surface area contributed by atoms with E-state index in [1.807, 2.05) is 0 Å². The van der Waals surface area contributed by atoms with Crippen molar-refractivity contribution in [2.45, 2.75) is 6.61 Å². The minimum Gasteiger partial charge on any atom is -0.434 e. The van der Waals surface area contributed by atoms with Crippen molar-refractivity contribution in [1.82, 2.24) is 10.4 Å². The number of carbonyl (C=O) groups excluding carboxylic acids is 1. The number of alkyl halides is 2. The molecule has 2 rings (SSSR count). The summed E-state index contributed by atoms with van der Waals surface area (Å²) in [5.41, 5.74) is 7.56. The SMILES string of the molecule is Nc1c(Cl)c(Cl)nc(C(=O)N/N=C/c2ccccc2OC(F)F)c1Cl. The van der Waals surface area contributed by atoms with Gasteiger partial charge in [0, 0.05) is 5.56 Å². The zero-order chi connectivity index (χ0) is 18.6. The molecule has 0 bridgehead atoms. The Morgan fingerprint density at radius 2 is 1.96 bits per heavy atom. The van der Waals surface area contributed by atoms with E-state index in [1.165, 1.54) is 18.2 Å². The van der Waals surface area contributed by atoms with Gasteiger partial charge in [-0.3, -0.25) is 4.79 Å². The normalized spacial score (nSPS) is 11.1. The number of nitrogens with two attached hydrogens (primary N) is 1. The lowest BCUT2D eigenvalue weighted by atomic mass is 10.2. The highest BCUT2D eigenvalue weighted by Gasteiger charge is 2.19. The molecule has 25 heavy (non-hydrogen) atoms. The van der Waals surface area contributed by atoms with Crippen molar-refractivity contribution in [2.24, 2.45) is 5.10 Å². The third-order valence-electron chi connectivity index (χ3n) is 2.79. The van der Waals surface area contributed by atoms with Gasteiger partial charge in [-0.1, -0.05) is 46.9 Å². The number of hydrogen-bond acceptors (Lipinski definition) is 5. The molecular formula is C14H9Cl3F2N4O2. The number of rotatable bonds is 5. The van der Waals surface area contributed by atoms with Gasteiger partial charge in [0.25, 0.3) is 5.91 Å². The number of para-hydroxylation sites is 1. The van der Waals surface area contributed by atoms with Gasteiger partial charge in [-0.15, -0.1) is 0 Å². The molecule has 1 aromatic carbocycles. The molecule has 0 spiro atoms. The first kappa shape index (κ1) is 19.2. The van der Waals surface area contributed by atoms with Gasteiger partial charge in [0.1, 0.15) is 10.8 Å². The molecule has 11 heteroatoms. The van der Waals surface area contributed by atoms with E-state index in [-0.39, 0.29) is 37.9 Å². The fourth-order valence-electron chi connectivity index (χ4n) is 1.69. The summed E-state index contributed by atoms with van der Waals surface area (Å²) in [7, 11) is 0. The fraction of sp³-hybridized carbons (Fsp3) is 0.0714. The van der Waals surface area contributed by atoms with Crippen molar-refractivity contribution in [2.75, 3.05) is 5.73 Å². The summed E-state index contributed by atoms with van der Waals surface area (Å²) in [5.74, 6) is -0.927. The van der Waals surface area contributed by atoms with E-state index in [0.29, 0.717) is 0 Å². The number of halogens is 5. The van der Waals surface area contributed by atoms with E-state index in [1.54, 1.807) is 6.07 Å². The number of amides is 1. The molecule has 0 saturated heterocycles. The number of benzene rings is 1. The molecule has 6 nitrogen and oxygen atoms in total. The van der Waals surface area contributed by atoms with Crippen molar-refractivity contribution < 1.29 is 18.3 Å². The predicted octanol–water partition coefficient (Wildman–Crippen LogP) is 3.99. The molecule has 132 valence electrons. The van der Waals surface area contributed by atoms with Gasteiger partial charge in [0.2, 0.25) is 0 Å². The predicted molar refractivity (Wildman–Crippen MR) is 91.8 cm³/mol. The number of pyridine rings is 1. The molecule has 0 atom stereocenters. The highest BCUT2D eigenvalue weighted by Crippen LogP contribution is 2.34. The lowest BCUT2D eigenvalue weighted by Crippen LogP contribution is -2.20. The van der Waals surface area contributed by atoms with Gasteiger partial charge in [-0.25, -0.2) is 10.4 Å². The van der Waals surface area contributed by atoms with Crippen LogP contribution < -0.4 is 15.9 Å². The summed E-state index contributed by atoms with van der Waals surface area (Å²) in [6.07, 6.45) is 1.12. The fourth-order valence-corrected chi connectivity index (χ4v) is 2.28. The van der Waals surface area contributed by atoms with Gasteiger partial charge in [-0.05, 0) is 12.1 Å². The molecule has 1 aromatic heterocycles. The molecule has 3 N–H and O–H groups in total. The minimum atomic E-state index is -2.99. The molecule has 0 saturated carbocycles. The minimum absolute atomic E-state index is 0.0789. The maximum absolute atomic E-state index is 12.3. The second-order valence-corrected chi connectivity index (χ2v) is 5.52. The van der Waals surface area contributed by atoms with Gasteiger partial charge in [0.05, 0.1) is 16.9 Å². The molecule has 0 aliphatic carbocycles. The summed E-state index contributed by atoms with van der Waals surface area (Å²) in [6.45, 7) is -2.99. The second-order valence-electron chi connectivity index (χ2n) is 4.41. The van der Waals surface area contributed by atoms with Crippen LogP contribution in [-0.4, -0.2) is 23.7 Å². The first-order valence-corrected chi connectivity index (χ1v) is 7.61. The zero-order valence-corrected chi connectivity index (χ0v) is 14.4. The van der Waals surface area contributed by atoms with E-state index >= 15 is 0 Å². The molecule has 0 fully saturated rings. The Morgan fingerprint density at radius 1 is 1.28 bits per heavy atom. The van der Waals surface area contributed by atoms with Crippen molar-refractivity contribution in [1.29, 1.82) is 0 Å². The molecule has 1 heterocycles. The lowest BCUT2D eigenvalue weighted by molar-refractivity contribution is -0.0499. The van der Waals surface area contributed by atoms with E-state index in [9.17, 15) is 13.6 Å². The Bertz CT molecular complexity index is 834. The van der Waals surface area contributed by atoms with E-state index in [0.717, 1.165) is 6.21 Å². The molecule has 0 aliphatic rings. The van der Waals surface area contributed by atoms with Crippen LogP contribution in [0.15, 0.2) is 29.4 Å². The largest absolute Gasteiger partial charge is 0.434 e. The Kier molecular flexibility index (Phi) is 6.35. The van der Waals surface area contributed by atoms with Gasteiger partial charge in [0.15, 0.2) is 10.8 Å². The summed E-state index contributed by atoms with van der Waals surface area (Å²) in [5, 5.41) is 3.17. The topological polar surface area (TPSA) is 89.6 Å². The molecule has 0 radical (unpaired) electrons. The summed E-state index contributed by atoms with van der Waals surface area (Å²) in [4.78, 5) is 15.8. The van der Waals surface area contributed by atoms with Crippen LogP contribution in [0.25, 0.3) is 0 Å². The van der Waals surface area contributed by atoms with E-state index < -0.39 is 12.5 Å². The van der Waals surface area contributed by atoms with Crippen LogP contribution in [0, 0.1) is 0 Å². The van der Waals surface area contributed by atoms with Crippen LogP contribution in [0.2, 0.25) is 15.2 Å². The number of nitrogens with one attached hydrogen (secondary N) is 1. The smallest absolute Gasteiger partial charge is 0.387 e. The molecule has 1 amide bonds. The van der Waals surface area contributed by atoms with E-state index in [4.69, 9.17) is 40.5 Å². The number of hydrogen-bond donors (Lipinski definition) is 2. The quantitative estimate of drug-likeness (QED) is 0.444. The van der Waals surface area contributed by atoms with Crippen molar-refractivity contribution in [3.8, 4) is 5.75 Å². The molecule has 2 aromatic rings. The number of anilines is 1. The Labute approximate surface area is 155 Å². The van der Waals surface area contributed by atoms with Crippen LogP contribution in [0.5, 0.6) is 5.75 Å². The van der Waals surface area contributed by atoms with Crippen LogP contribution in [0.3, 0.4) is 0 Å². The molecular weight excluding hydrogens is 401 g/mol. The Hall–Kier alpha value is -2.16. The maximum Gasteiger partial charge on any atom is 0.387 e. The van der Waals surface area contributed by atoms with Crippen molar-refractivity contribution in [3.05, 3.63) is 50.7 Å². The monoisotopic (exact) mass is 408 g/mol. The lowest BCUT2D eigenvalue weighted by Gasteiger charge is -2.08. The Balaban J connectivity index is 2.17. The summed E-state index contributed by atoms with van der Waals surface area (Å²) in [6, 6.07) is 5.89. The second kappa shape index (κ2) is 8.28. The highest BCUT2D eigenvalue weighted by atomic mass is 35.5. The van der Waals surface area contributed by atoms with Crippen LogP contribution in [0.4, 0.5) is 14.5 Å². The number of hydrazone groups is 1. The molecule has 0 unspecified atom stereocenters. The highest BCUT2D eigenvalue weighted by molar-refractivity contribution is 6.46. The average Bonchev–Trinajstić information content (AvgIpc) is 2.57. The third kappa shape index (κ3) is 4.68. The summed E-state index contributed by atoms with van der Waals surface area (Å²) >= 11 is 17.4. The first-order chi connectivity index (χ1) is 11.8. The third-order valence-corrected chi connectivity index (χ3v) is 3.93. The Morgan fingerprint density at radius 3 is 2.64 bits per heavy atom. The number of nitrogen functional groups attached to an aromatic ring is 1. The molecule has 0 aliphatic heterocycles. The van der Waals surface area contributed by atoms with Crippen molar-refractivity contribution >= 4 is 52.6 Å². The van der Waals surface area contributed by atoms with Crippen LogP contribution in [0.1, 0.15) is 16.1 Å². The number of aromatic nitrogens is 1. The van der Waals surface area contributed by atoms with Gasteiger partial charge < -0.3 is 10.5 Å². The van der Waals surface area contributed by atoms with Crippen LogP contribution >= 0.6 is 34.8 Å². The standard InChI is InChI=1S/C14H9Cl3F2N4O2/c15-8-10(20)9(16)12(17)22-11(8)13(24)23-21-5-6-3-1-2-4-7(6)25-14(18)19/h1-5,14H,(H2,20,22)(H,23,24)/b21-5+. The summed E-state index contributed by atoms with van der Waals surface area (Å²) < 4.78 is 29.0. The zero-order valence-electron chi connectivity index (χ0n) is 12.1. The number of nitrogens with zero attached hydrogens (tertiary/aromatic N) is 2. The average molecular weight is 410 g/mol. The number of ether oxygens (including phenoxy) is 1. The van der Waals surface area contributed by atoms with Gasteiger partial charge >= 0.3 is 6.61 Å². The first-order valence-electron chi connectivity index (χ1n) is 6.48. The number of carbonyl (C=O) groups is 1. The van der Waals surface area contributed by atoms with Crippen molar-refractivity contribution in [3.63, 3.8) is 0 Å².